The van der Waals surface area contributed by atoms with Crippen molar-refractivity contribution in [2.24, 2.45) is 7.05 Å². The third kappa shape index (κ3) is 3.06. The number of aryl methyl sites for hydroxylation is 2. The van der Waals surface area contributed by atoms with E-state index in [4.69, 9.17) is 11.6 Å². The molecule has 0 aliphatic carbocycles. The largest absolute Gasteiger partial charge is 0.303 e. The van der Waals surface area contributed by atoms with Crippen molar-refractivity contribution < 1.29 is 4.39 Å². The summed E-state index contributed by atoms with van der Waals surface area (Å²) in [6.07, 6.45) is 0. The fourth-order valence-corrected chi connectivity index (χ4v) is 3.71. The molecule has 2 aromatic carbocycles. The Morgan fingerprint density at radius 2 is 2.00 bits per heavy atom. The minimum Gasteiger partial charge on any atom is -0.303 e. The van der Waals surface area contributed by atoms with Gasteiger partial charge in [0.25, 0.3) is 5.56 Å². The van der Waals surface area contributed by atoms with E-state index in [-0.39, 0.29) is 17.4 Å². The Bertz CT molecular complexity index is 1260. The zero-order chi connectivity index (χ0) is 20.0. The Balaban J connectivity index is 1.74. The van der Waals surface area contributed by atoms with Gasteiger partial charge in [-0.1, -0.05) is 29.3 Å². The van der Waals surface area contributed by atoms with E-state index in [9.17, 15) is 9.18 Å². The number of halogens is 2. The molecular weight excluding hydrogens is 381 g/mol. The van der Waals surface area contributed by atoms with Gasteiger partial charge in [0, 0.05) is 18.1 Å². The summed E-state index contributed by atoms with van der Waals surface area (Å²) < 4.78 is 16.7. The molecule has 0 aliphatic heterocycles. The first-order chi connectivity index (χ1) is 13.4. The normalized spacial score (nSPS) is 12.8. The highest BCUT2D eigenvalue weighted by molar-refractivity contribution is 6.31. The van der Waals surface area contributed by atoms with Crippen molar-refractivity contribution in [1.29, 1.82) is 0 Å². The van der Waals surface area contributed by atoms with Crippen LogP contribution in [-0.4, -0.2) is 19.2 Å². The van der Waals surface area contributed by atoms with Crippen LogP contribution in [-0.2, 0) is 13.6 Å². The molecule has 1 atom stereocenters. The molecule has 2 aromatic heterocycles. The molecule has 1 unspecified atom stereocenters. The van der Waals surface area contributed by atoms with Gasteiger partial charge in [-0.05, 0) is 43.7 Å². The number of nitrogens with one attached hydrogen (secondary N) is 1. The average Bonchev–Trinajstić information content (AvgIpc) is 3.08. The third-order valence-electron chi connectivity index (χ3n) is 4.94. The maximum atomic E-state index is 13.3. The van der Waals surface area contributed by atoms with Gasteiger partial charge in [-0.3, -0.25) is 13.8 Å². The lowest BCUT2D eigenvalue weighted by Gasteiger charge is -2.15. The molecule has 28 heavy (non-hydrogen) atoms. The maximum Gasteiger partial charge on any atom is 0.262 e. The summed E-state index contributed by atoms with van der Waals surface area (Å²) in [5.41, 5.74) is 2.46. The maximum absolute atomic E-state index is 13.3. The quantitative estimate of drug-likeness (QED) is 0.570. The molecule has 1 N–H and O–H groups in total. The fourth-order valence-electron chi connectivity index (χ4n) is 3.38. The van der Waals surface area contributed by atoms with Crippen LogP contribution >= 0.6 is 11.6 Å². The van der Waals surface area contributed by atoms with Crippen LogP contribution in [0.2, 0.25) is 5.02 Å². The van der Waals surface area contributed by atoms with Crippen LogP contribution in [0.25, 0.3) is 16.7 Å². The first-order valence-electron chi connectivity index (χ1n) is 8.88. The third-order valence-corrected chi connectivity index (χ3v) is 5.26. The van der Waals surface area contributed by atoms with E-state index in [0.29, 0.717) is 28.6 Å². The summed E-state index contributed by atoms with van der Waals surface area (Å²) in [5.74, 6) is 0.780. The van der Waals surface area contributed by atoms with E-state index in [1.54, 1.807) is 13.1 Å². The lowest BCUT2D eigenvalue weighted by molar-refractivity contribution is 0.555. The first kappa shape index (κ1) is 18.6. The minimum atomic E-state index is -0.368. The summed E-state index contributed by atoms with van der Waals surface area (Å²) >= 11 is 6.16. The van der Waals surface area contributed by atoms with Crippen molar-refractivity contribution in [3.63, 3.8) is 0 Å². The molecule has 0 bridgehead atoms. The summed E-state index contributed by atoms with van der Waals surface area (Å²) in [6.45, 7) is 4.29. The molecule has 8 heteroatoms. The van der Waals surface area contributed by atoms with E-state index in [2.05, 4.69) is 15.5 Å². The Kier molecular flexibility index (Phi) is 4.64. The monoisotopic (exact) mass is 399 g/mol. The lowest BCUT2D eigenvalue weighted by Crippen LogP contribution is -2.23. The molecular formula is C20H19ClFN5O. The Morgan fingerprint density at radius 1 is 1.21 bits per heavy atom. The van der Waals surface area contributed by atoms with Gasteiger partial charge in [0.15, 0.2) is 5.82 Å². The molecule has 4 aromatic rings. The van der Waals surface area contributed by atoms with Crippen LogP contribution in [0.5, 0.6) is 0 Å². The highest BCUT2D eigenvalue weighted by Gasteiger charge is 2.16. The number of nitrogens with zero attached hydrogens (tertiary/aromatic N) is 4. The zero-order valence-electron chi connectivity index (χ0n) is 15.7. The van der Waals surface area contributed by atoms with Crippen molar-refractivity contribution in [1.82, 2.24) is 24.5 Å². The van der Waals surface area contributed by atoms with Crippen LogP contribution in [0.1, 0.15) is 29.9 Å². The molecule has 2 heterocycles. The Morgan fingerprint density at radius 3 is 2.75 bits per heavy atom. The van der Waals surface area contributed by atoms with E-state index in [1.807, 2.05) is 36.4 Å². The van der Waals surface area contributed by atoms with E-state index in [0.717, 1.165) is 16.6 Å². The smallest absolute Gasteiger partial charge is 0.262 e. The molecule has 4 rings (SSSR count). The summed E-state index contributed by atoms with van der Waals surface area (Å²) in [4.78, 5) is 12.6. The first-order valence-corrected chi connectivity index (χ1v) is 9.26. The number of hydrogen-bond donors (Lipinski definition) is 1. The topological polar surface area (TPSA) is 64.2 Å². The van der Waals surface area contributed by atoms with Gasteiger partial charge < -0.3 is 5.32 Å². The molecule has 0 aliphatic rings. The van der Waals surface area contributed by atoms with Crippen molar-refractivity contribution >= 4 is 28.3 Å². The Hall–Kier alpha value is -2.77. The molecule has 0 saturated carbocycles. The number of fused-ring (bicyclic) bond motifs is 3. The molecule has 144 valence electrons. The van der Waals surface area contributed by atoms with Crippen molar-refractivity contribution in [2.45, 2.75) is 26.4 Å². The van der Waals surface area contributed by atoms with Crippen LogP contribution in [0, 0.1) is 12.7 Å². The second kappa shape index (κ2) is 7.00. The number of aromatic nitrogens is 4. The van der Waals surface area contributed by atoms with Gasteiger partial charge in [-0.2, -0.15) is 0 Å². The van der Waals surface area contributed by atoms with E-state index in [1.165, 1.54) is 16.7 Å². The minimum absolute atomic E-state index is 0.107. The Labute approximate surface area is 165 Å². The van der Waals surface area contributed by atoms with E-state index >= 15 is 0 Å². The van der Waals surface area contributed by atoms with Crippen molar-refractivity contribution in [3.05, 3.63) is 74.5 Å². The molecule has 0 fully saturated rings. The summed E-state index contributed by atoms with van der Waals surface area (Å²) in [5, 5.41) is 12.8. The van der Waals surface area contributed by atoms with Gasteiger partial charge in [-0.25, -0.2) is 4.39 Å². The van der Waals surface area contributed by atoms with Crippen LogP contribution in [0.4, 0.5) is 4.39 Å². The predicted molar refractivity (Wildman–Crippen MR) is 107 cm³/mol. The second-order valence-electron chi connectivity index (χ2n) is 6.90. The SMILES string of the molecule is Cc1ccc2c(c1)c(=O)n(C)c1nnc(CNC(C)c3ccc(F)cc3Cl)n21. The summed E-state index contributed by atoms with van der Waals surface area (Å²) in [7, 11) is 1.69. The highest BCUT2D eigenvalue weighted by Crippen LogP contribution is 2.24. The number of benzene rings is 2. The highest BCUT2D eigenvalue weighted by atomic mass is 35.5. The molecule has 0 radical (unpaired) electrons. The van der Waals surface area contributed by atoms with Gasteiger partial charge >= 0.3 is 0 Å². The molecule has 0 saturated heterocycles. The predicted octanol–water partition coefficient (Wildman–Crippen LogP) is 3.53. The zero-order valence-corrected chi connectivity index (χ0v) is 16.5. The van der Waals surface area contributed by atoms with Gasteiger partial charge in [-0.15, -0.1) is 10.2 Å². The van der Waals surface area contributed by atoms with Crippen LogP contribution in [0.15, 0.2) is 41.2 Å². The summed E-state index contributed by atoms with van der Waals surface area (Å²) in [6, 6.07) is 9.96. The van der Waals surface area contributed by atoms with Gasteiger partial charge in [0.1, 0.15) is 5.82 Å². The van der Waals surface area contributed by atoms with E-state index < -0.39 is 0 Å². The lowest BCUT2D eigenvalue weighted by atomic mass is 10.1. The second-order valence-corrected chi connectivity index (χ2v) is 7.31. The van der Waals surface area contributed by atoms with Gasteiger partial charge in [0.05, 0.1) is 17.4 Å². The van der Waals surface area contributed by atoms with Crippen molar-refractivity contribution in [2.75, 3.05) is 0 Å². The molecule has 0 spiro atoms. The molecule has 6 nitrogen and oxygen atoms in total. The van der Waals surface area contributed by atoms with Gasteiger partial charge in [0.2, 0.25) is 5.78 Å². The molecule has 0 amide bonds. The fraction of sp³-hybridized carbons (Fsp3) is 0.250. The van der Waals surface area contributed by atoms with Crippen molar-refractivity contribution in [3.8, 4) is 0 Å². The number of hydrogen-bond acceptors (Lipinski definition) is 4. The van der Waals surface area contributed by atoms with Crippen LogP contribution in [0.3, 0.4) is 0 Å². The number of rotatable bonds is 4. The standard InChI is InChI=1S/C20H19ClFN5O/c1-11-4-7-17-15(8-11)19(28)26(3)20-25-24-18(27(17)20)10-23-12(2)14-6-5-13(22)9-16(14)21/h4-9,12,23H,10H2,1-3H3. The average molecular weight is 400 g/mol. The van der Waals surface area contributed by atoms with Crippen LogP contribution < -0.4 is 10.9 Å².